The topological polar surface area (TPSA) is 67.9 Å². The SMILES string of the molecule is COc1cccc(NC(=O)C2CSCN2C(=O)OC(C)(C)C)c1. The fourth-order valence-electron chi connectivity index (χ4n) is 2.09. The molecule has 2 amide bonds. The van der Waals surface area contributed by atoms with Crippen molar-refractivity contribution in [3.8, 4) is 5.75 Å². The fourth-order valence-corrected chi connectivity index (χ4v) is 3.23. The van der Waals surface area contributed by atoms with Crippen LogP contribution in [0, 0.1) is 0 Å². The summed E-state index contributed by atoms with van der Waals surface area (Å²) in [6, 6.07) is 6.57. The second-order valence-electron chi connectivity index (χ2n) is 6.19. The highest BCUT2D eigenvalue weighted by Gasteiger charge is 2.37. The van der Waals surface area contributed by atoms with Crippen molar-refractivity contribution in [3.05, 3.63) is 24.3 Å². The molecular formula is C16H22N2O4S. The van der Waals surface area contributed by atoms with Crippen LogP contribution in [0.1, 0.15) is 20.8 Å². The van der Waals surface area contributed by atoms with Gasteiger partial charge in [-0.1, -0.05) is 6.07 Å². The van der Waals surface area contributed by atoms with E-state index >= 15 is 0 Å². The van der Waals surface area contributed by atoms with Crippen molar-refractivity contribution in [1.82, 2.24) is 4.90 Å². The summed E-state index contributed by atoms with van der Waals surface area (Å²) in [6.07, 6.45) is -0.465. The van der Waals surface area contributed by atoms with Crippen LogP contribution < -0.4 is 10.1 Å². The van der Waals surface area contributed by atoms with Crippen LogP contribution in [0.3, 0.4) is 0 Å². The van der Waals surface area contributed by atoms with Crippen molar-refractivity contribution in [2.75, 3.05) is 24.1 Å². The Kier molecular flexibility index (Phi) is 5.41. The van der Waals surface area contributed by atoms with Crippen LogP contribution in [0.4, 0.5) is 10.5 Å². The molecule has 0 aliphatic carbocycles. The molecule has 1 heterocycles. The number of nitrogens with zero attached hydrogens (tertiary/aromatic N) is 1. The minimum atomic E-state index is -0.585. The maximum absolute atomic E-state index is 12.5. The number of thioether (sulfide) groups is 1. The number of carbonyl (C=O) groups excluding carboxylic acids is 2. The van der Waals surface area contributed by atoms with Crippen LogP contribution in [0.25, 0.3) is 0 Å². The quantitative estimate of drug-likeness (QED) is 0.918. The van der Waals surface area contributed by atoms with E-state index in [1.165, 1.54) is 16.7 Å². The summed E-state index contributed by atoms with van der Waals surface area (Å²) in [4.78, 5) is 26.2. The molecule has 0 aromatic heterocycles. The van der Waals surface area contributed by atoms with E-state index in [1.54, 1.807) is 52.1 Å². The smallest absolute Gasteiger partial charge is 0.411 e. The lowest BCUT2D eigenvalue weighted by Crippen LogP contribution is -2.46. The molecule has 1 aliphatic heterocycles. The zero-order valence-corrected chi connectivity index (χ0v) is 14.6. The van der Waals surface area contributed by atoms with Gasteiger partial charge in [0.15, 0.2) is 0 Å². The molecule has 0 saturated carbocycles. The first-order valence-electron chi connectivity index (χ1n) is 7.32. The van der Waals surface area contributed by atoms with E-state index in [9.17, 15) is 9.59 Å². The maximum Gasteiger partial charge on any atom is 0.411 e. The number of hydrogen-bond acceptors (Lipinski definition) is 5. The third kappa shape index (κ3) is 4.79. The molecule has 1 fully saturated rings. The van der Waals surface area contributed by atoms with E-state index < -0.39 is 17.7 Å². The minimum absolute atomic E-state index is 0.228. The third-order valence-electron chi connectivity index (χ3n) is 3.15. The van der Waals surface area contributed by atoms with Gasteiger partial charge in [-0.25, -0.2) is 4.79 Å². The number of ether oxygens (including phenoxy) is 2. The first kappa shape index (κ1) is 17.5. The van der Waals surface area contributed by atoms with Gasteiger partial charge in [0.2, 0.25) is 5.91 Å². The summed E-state index contributed by atoms with van der Waals surface area (Å²) in [5.41, 5.74) is 0.0495. The lowest BCUT2D eigenvalue weighted by Gasteiger charge is -2.27. The number of benzene rings is 1. The Balaban J connectivity index is 2.04. The van der Waals surface area contributed by atoms with Crippen molar-refractivity contribution in [2.24, 2.45) is 0 Å². The number of amides is 2. The highest BCUT2D eigenvalue weighted by atomic mass is 32.2. The van der Waals surface area contributed by atoms with Gasteiger partial charge in [-0.15, -0.1) is 11.8 Å². The highest BCUT2D eigenvalue weighted by Crippen LogP contribution is 2.25. The summed E-state index contributed by atoms with van der Waals surface area (Å²) in [7, 11) is 1.57. The first-order valence-corrected chi connectivity index (χ1v) is 8.48. The van der Waals surface area contributed by atoms with E-state index in [1.807, 2.05) is 0 Å². The van der Waals surface area contributed by atoms with Crippen LogP contribution in [0.15, 0.2) is 24.3 Å². The lowest BCUT2D eigenvalue weighted by atomic mass is 10.2. The van der Waals surface area contributed by atoms with Gasteiger partial charge in [0.1, 0.15) is 17.4 Å². The largest absolute Gasteiger partial charge is 0.497 e. The monoisotopic (exact) mass is 338 g/mol. The van der Waals surface area contributed by atoms with Crippen molar-refractivity contribution < 1.29 is 19.1 Å². The standard InChI is InChI=1S/C16H22N2O4S/c1-16(2,3)22-15(20)18-10-23-9-13(18)14(19)17-11-6-5-7-12(8-11)21-4/h5-8,13H,9-10H2,1-4H3,(H,17,19). The molecule has 1 aromatic carbocycles. The average molecular weight is 338 g/mol. The average Bonchev–Trinajstić information content (AvgIpc) is 2.95. The number of carbonyl (C=O) groups is 2. The van der Waals surface area contributed by atoms with E-state index in [0.29, 0.717) is 23.1 Å². The Bertz CT molecular complexity index is 586. The number of methoxy groups -OCH3 is 1. The molecule has 0 spiro atoms. The second-order valence-corrected chi connectivity index (χ2v) is 7.19. The van der Waals surface area contributed by atoms with Crippen molar-refractivity contribution in [3.63, 3.8) is 0 Å². The van der Waals surface area contributed by atoms with Crippen molar-refractivity contribution in [2.45, 2.75) is 32.4 Å². The minimum Gasteiger partial charge on any atom is -0.497 e. The van der Waals surface area contributed by atoms with E-state index in [-0.39, 0.29) is 5.91 Å². The molecule has 1 N–H and O–H groups in total. The molecule has 0 bridgehead atoms. The normalized spacial score (nSPS) is 17.7. The van der Waals surface area contributed by atoms with Gasteiger partial charge in [-0.2, -0.15) is 0 Å². The number of rotatable bonds is 3. The Morgan fingerprint density at radius 3 is 2.74 bits per heavy atom. The van der Waals surface area contributed by atoms with Gasteiger partial charge < -0.3 is 14.8 Å². The molecule has 0 radical (unpaired) electrons. The van der Waals surface area contributed by atoms with E-state index in [2.05, 4.69) is 5.32 Å². The summed E-state index contributed by atoms with van der Waals surface area (Å²) < 4.78 is 10.5. The molecule has 7 heteroatoms. The Labute approximate surface area is 140 Å². The Morgan fingerprint density at radius 2 is 2.09 bits per heavy atom. The van der Waals surface area contributed by atoms with Crippen LogP contribution in [-0.4, -0.2) is 47.3 Å². The summed E-state index contributed by atoms with van der Waals surface area (Å²) >= 11 is 1.53. The number of anilines is 1. The fraction of sp³-hybridized carbons (Fsp3) is 0.500. The molecule has 6 nitrogen and oxygen atoms in total. The number of nitrogens with one attached hydrogen (secondary N) is 1. The van der Waals surface area contributed by atoms with Gasteiger partial charge >= 0.3 is 6.09 Å². The van der Waals surface area contributed by atoms with Gasteiger partial charge in [0, 0.05) is 17.5 Å². The van der Waals surface area contributed by atoms with Gasteiger partial charge in [-0.3, -0.25) is 9.69 Å². The Hall–Kier alpha value is -1.89. The molecular weight excluding hydrogens is 316 g/mol. The molecule has 1 saturated heterocycles. The van der Waals surface area contributed by atoms with Crippen molar-refractivity contribution in [1.29, 1.82) is 0 Å². The van der Waals surface area contributed by atoms with Crippen LogP contribution in [0.2, 0.25) is 0 Å². The number of hydrogen-bond donors (Lipinski definition) is 1. The maximum atomic E-state index is 12.5. The predicted molar refractivity (Wildman–Crippen MR) is 90.8 cm³/mol. The molecule has 126 valence electrons. The van der Waals surface area contributed by atoms with E-state index in [4.69, 9.17) is 9.47 Å². The van der Waals surface area contributed by atoms with Crippen LogP contribution in [-0.2, 0) is 9.53 Å². The zero-order valence-electron chi connectivity index (χ0n) is 13.8. The molecule has 1 unspecified atom stereocenters. The molecule has 23 heavy (non-hydrogen) atoms. The van der Waals surface area contributed by atoms with Gasteiger partial charge in [0.25, 0.3) is 0 Å². The first-order chi connectivity index (χ1) is 10.8. The second kappa shape index (κ2) is 7.12. The summed E-state index contributed by atoms with van der Waals surface area (Å²) in [6.45, 7) is 5.41. The molecule has 1 aliphatic rings. The zero-order chi connectivity index (χ0) is 17.0. The molecule has 1 atom stereocenters. The molecule has 2 rings (SSSR count). The van der Waals surface area contributed by atoms with Crippen molar-refractivity contribution >= 4 is 29.4 Å². The Morgan fingerprint density at radius 1 is 1.35 bits per heavy atom. The summed E-state index contributed by atoms with van der Waals surface area (Å²) in [5.74, 6) is 1.43. The van der Waals surface area contributed by atoms with Gasteiger partial charge in [0.05, 0.1) is 13.0 Å². The lowest BCUT2D eigenvalue weighted by molar-refractivity contribution is -0.120. The third-order valence-corrected chi connectivity index (χ3v) is 4.16. The van der Waals surface area contributed by atoms with Crippen LogP contribution >= 0.6 is 11.8 Å². The predicted octanol–water partition coefficient (Wildman–Crippen LogP) is 2.94. The van der Waals surface area contributed by atoms with Gasteiger partial charge in [-0.05, 0) is 32.9 Å². The highest BCUT2D eigenvalue weighted by molar-refractivity contribution is 7.99. The summed E-state index contributed by atoms with van der Waals surface area (Å²) in [5, 5.41) is 2.82. The molecule has 1 aromatic rings. The van der Waals surface area contributed by atoms with Crippen LogP contribution in [0.5, 0.6) is 5.75 Å². The van der Waals surface area contributed by atoms with E-state index in [0.717, 1.165) is 0 Å².